The highest BCUT2D eigenvalue weighted by Gasteiger charge is 2.17. The summed E-state index contributed by atoms with van der Waals surface area (Å²) in [5.74, 6) is 0.392. The van der Waals surface area contributed by atoms with E-state index in [1.807, 2.05) is 0 Å². The van der Waals surface area contributed by atoms with Crippen LogP contribution in [0.2, 0.25) is 0 Å². The summed E-state index contributed by atoms with van der Waals surface area (Å²) >= 11 is 0. The van der Waals surface area contributed by atoms with Crippen molar-refractivity contribution >= 4 is 5.97 Å². The third-order valence-corrected chi connectivity index (χ3v) is 3.04. The normalized spacial score (nSPS) is 16.7. The van der Waals surface area contributed by atoms with Gasteiger partial charge in [-0.15, -0.1) is 0 Å². The minimum absolute atomic E-state index is 0.0950. The monoisotopic (exact) mass is 259 g/mol. The number of piperidine rings is 1. The summed E-state index contributed by atoms with van der Waals surface area (Å²) in [7, 11) is 1.67. The fourth-order valence-corrected chi connectivity index (χ4v) is 2.00. The number of carbonyl (C=O) groups excluding carboxylic acids is 1. The molecule has 0 aromatic heterocycles. The average molecular weight is 259 g/mol. The molecule has 1 saturated heterocycles. The summed E-state index contributed by atoms with van der Waals surface area (Å²) in [5, 5.41) is 3.28. The Morgan fingerprint density at radius 1 is 1.17 bits per heavy atom. The van der Waals surface area contributed by atoms with E-state index in [4.69, 9.17) is 14.2 Å². The minimum Gasteiger partial charge on any atom is -0.463 e. The Kier molecular flexibility index (Phi) is 8.81. The lowest BCUT2D eigenvalue weighted by Gasteiger charge is -2.21. The lowest BCUT2D eigenvalue weighted by atomic mass is 9.95. The molecule has 0 aliphatic carbocycles. The van der Waals surface area contributed by atoms with E-state index >= 15 is 0 Å². The van der Waals surface area contributed by atoms with Crippen LogP contribution in [-0.2, 0) is 19.0 Å². The van der Waals surface area contributed by atoms with Crippen molar-refractivity contribution in [1.29, 1.82) is 0 Å². The highest BCUT2D eigenvalue weighted by molar-refractivity contribution is 5.69. The number of ether oxygens (including phenoxy) is 3. The molecule has 1 aliphatic heterocycles. The van der Waals surface area contributed by atoms with Gasteiger partial charge in [-0.1, -0.05) is 0 Å². The fraction of sp³-hybridized carbons (Fsp3) is 0.923. The zero-order valence-electron chi connectivity index (χ0n) is 11.3. The summed E-state index contributed by atoms with van der Waals surface area (Å²) in [5.41, 5.74) is 0. The van der Waals surface area contributed by atoms with Gasteiger partial charge in [-0.2, -0.15) is 0 Å². The summed E-state index contributed by atoms with van der Waals surface area (Å²) < 4.78 is 15.3. The Bertz CT molecular complexity index is 217. The molecule has 0 saturated carbocycles. The third-order valence-electron chi connectivity index (χ3n) is 3.04. The average Bonchev–Trinajstić information content (AvgIpc) is 2.39. The number of carbonyl (C=O) groups is 1. The Balaban J connectivity index is 1.90. The van der Waals surface area contributed by atoms with Crippen LogP contribution in [0, 0.1) is 5.92 Å². The molecule has 0 aromatic rings. The van der Waals surface area contributed by atoms with E-state index in [-0.39, 0.29) is 5.97 Å². The van der Waals surface area contributed by atoms with Crippen molar-refractivity contribution in [3.05, 3.63) is 0 Å². The first-order valence-corrected chi connectivity index (χ1v) is 6.76. The summed E-state index contributed by atoms with van der Waals surface area (Å²) in [6.45, 7) is 4.22. The molecule has 1 aliphatic rings. The molecule has 0 aromatic carbocycles. The van der Waals surface area contributed by atoms with Gasteiger partial charge in [0.2, 0.25) is 0 Å². The number of nitrogens with one attached hydrogen (secondary N) is 1. The van der Waals surface area contributed by atoms with E-state index in [9.17, 15) is 4.79 Å². The van der Waals surface area contributed by atoms with Crippen LogP contribution in [0.4, 0.5) is 0 Å². The fourth-order valence-electron chi connectivity index (χ4n) is 2.00. The van der Waals surface area contributed by atoms with Crippen LogP contribution in [0.1, 0.15) is 25.7 Å². The van der Waals surface area contributed by atoms with E-state index in [2.05, 4.69) is 5.32 Å². The quantitative estimate of drug-likeness (QED) is 0.494. The molecule has 18 heavy (non-hydrogen) atoms. The molecule has 1 rings (SSSR count). The van der Waals surface area contributed by atoms with Crippen LogP contribution in [0.5, 0.6) is 0 Å². The molecule has 0 amide bonds. The van der Waals surface area contributed by atoms with Gasteiger partial charge in [-0.3, -0.25) is 4.79 Å². The molecule has 106 valence electrons. The third kappa shape index (κ3) is 7.63. The summed E-state index contributed by atoms with van der Waals surface area (Å²) in [6.07, 6.45) is 3.57. The van der Waals surface area contributed by atoms with Crippen molar-refractivity contribution in [3.8, 4) is 0 Å². The second kappa shape index (κ2) is 10.3. The lowest BCUT2D eigenvalue weighted by molar-refractivity contribution is -0.146. The summed E-state index contributed by atoms with van der Waals surface area (Å²) in [4.78, 5) is 11.5. The molecular weight excluding hydrogens is 234 g/mol. The van der Waals surface area contributed by atoms with Gasteiger partial charge in [0, 0.05) is 26.7 Å². The van der Waals surface area contributed by atoms with Crippen molar-refractivity contribution in [3.63, 3.8) is 0 Å². The first-order valence-electron chi connectivity index (χ1n) is 6.76. The predicted molar refractivity (Wildman–Crippen MR) is 68.5 cm³/mol. The number of rotatable bonds is 9. The number of hydrogen-bond donors (Lipinski definition) is 1. The van der Waals surface area contributed by atoms with E-state index in [0.29, 0.717) is 38.8 Å². The molecule has 0 unspecified atom stereocenters. The van der Waals surface area contributed by atoms with Crippen LogP contribution >= 0.6 is 0 Å². The topological polar surface area (TPSA) is 56.8 Å². The zero-order valence-corrected chi connectivity index (χ0v) is 11.3. The molecular formula is C13H25NO4. The highest BCUT2D eigenvalue weighted by atomic mass is 16.6. The summed E-state index contributed by atoms with van der Waals surface area (Å²) in [6, 6.07) is 0. The molecule has 0 spiro atoms. The molecule has 1 heterocycles. The minimum atomic E-state index is -0.0950. The van der Waals surface area contributed by atoms with Crippen LogP contribution in [0.25, 0.3) is 0 Å². The molecule has 0 bridgehead atoms. The van der Waals surface area contributed by atoms with E-state index in [1.165, 1.54) is 0 Å². The molecule has 5 nitrogen and oxygen atoms in total. The van der Waals surface area contributed by atoms with Crippen molar-refractivity contribution in [2.75, 3.05) is 46.6 Å². The van der Waals surface area contributed by atoms with Gasteiger partial charge < -0.3 is 19.5 Å². The molecule has 1 N–H and O–H groups in total. The van der Waals surface area contributed by atoms with Crippen LogP contribution in [0.15, 0.2) is 0 Å². The predicted octanol–water partition coefficient (Wildman–Crippen LogP) is 0.972. The van der Waals surface area contributed by atoms with Crippen molar-refractivity contribution < 1.29 is 19.0 Å². The first kappa shape index (κ1) is 15.4. The number of methoxy groups -OCH3 is 1. The molecule has 1 fully saturated rings. The highest BCUT2D eigenvalue weighted by Crippen LogP contribution is 2.16. The van der Waals surface area contributed by atoms with Gasteiger partial charge in [0.25, 0.3) is 0 Å². The SMILES string of the molecule is COCCCOCCOC(=O)CC1CCNCC1. The Morgan fingerprint density at radius 2 is 1.94 bits per heavy atom. The zero-order chi connectivity index (χ0) is 13.1. The molecule has 0 radical (unpaired) electrons. The van der Waals surface area contributed by atoms with Gasteiger partial charge in [-0.25, -0.2) is 0 Å². The maximum atomic E-state index is 11.5. The Morgan fingerprint density at radius 3 is 2.67 bits per heavy atom. The van der Waals surface area contributed by atoms with Crippen molar-refractivity contribution in [2.24, 2.45) is 5.92 Å². The number of esters is 1. The van der Waals surface area contributed by atoms with Crippen LogP contribution < -0.4 is 5.32 Å². The van der Waals surface area contributed by atoms with Gasteiger partial charge in [0.15, 0.2) is 0 Å². The van der Waals surface area contributed by atoms with Gasteiger partial charge in [0.05, 0.1) is 6.61 Å². The van der Waals surface area contributed by atoms with Gasteiger partial charge in [-0.05, 0) is 38.3 Å². The Labute approximate surface area is 109 Å². The first-order chi connectivity index (χ1) is 8.83. The number of hydrogen-bond acceptors (Lipinski definition) is 5. The standard InChI is InChI=1S/C13H25NO4/c1-16-7-2-8-17-9-10-18-13(15)11-12-3-5-14-6-4-12/h12,14H,2-11H2,1H3. The second-order valence-corrected chi connectivity index (χ2v) is 4.58. The second-order valence-electron chi connectivity index (χ2n) is 4.58. The maximum Gasteiger partial charge on any atom is 0.306 e. The van der Waals surface area contributed by atoms with Crippen molar-refractivity contribution in [2.45, 2.75) is 25.7 Å². The maximum absolute atomic E-state index is 11.5. The largest absolute Gasteiger partial charge is 0.463 e. The van der Waals surface area contributed by atoms with Gasteiger partial charge in [0.1, 0.15) is 6.61 Å². The smallest absolute Gasteiger partial charge is 0.306 e. The van der Waals surface area contributed by atoms with Crippen molar-refractivity contribution in [1.82, 2.24) is 5.32 Å². The van der Waals surface area contributed by atoms with E-state index in [1.54, 1.807) is 7.11 Å². The molecule has 5 heteroatoms. The van der Waals surface area contributed by atoms with E-state index < -0.39 is 0 Å². The van der Waals surface area contributed by atoms with Gasteiger partial charge >= 0.3 is 5.97 Å². The van der Waals surface area contributed by atoms with E-state index in [0.717, 1.165) is 32.4 Å². The van der Waals surface area contributed by atoms with Crippen LogP contribution in [0.3, 0.4) is 0 Å². The van der Waals surface area contributed by atoms with Crippen LogP contribution in [-0.4, -0.2) is 52.6 Å². The lowest BCUT2D eigenvalue weighted by Crippen LogP contribution is -2.29. The molecule has 0 atom stereocenters. The Hall–Kier alpha value is -0.650.